The lowest BCUT2D eigenvalue weighted by atomic mass is 10.2. The van der Waals surface area contributed by atoms with E-state index in [-0.39, 0.29) is 11.4 Å². The van der Waals surface area contributed by atoms with Crippen LogP contribution in [0.3, 0.4) is 0 Å². The number of fused-ring (bicyclic) bond motifs is 1. The molecule has 2 rings (SSSR count). The summed E-state index contributed by atoms with van der Waals surface area (Å²) in [5.41, 5.74) is 0.397. The molecule has 0 saturated carbocycles. The fraction of sp³-hybridized carbons (Fsp3) is 0.0909. The fourth-order valence-corrected chi connectivity index (χ4v) is 1.66. The van der Waals surface area contributed by atoms with Gasteiger partial charge in [0.1, 0.15) is 6.07 Å². The highest BCUT2D eigenvalue weighted by Gasteiger charge is 2.16. The van der Waals surface area contributed by atoms with E-state index in [0.717, 1.165) is 0 Å². The van der Waals surface area contributed by atoms with Crippen LogP contribution in [0.25, 0.3) is 10.9 Å². The lowest BCUT2D eigenvalue weighted by Crippen LogP contribution is -2.06. The van der Waals surface area contributed by atoms with E-state index < -0.39 is 5.97 Å². The van der Waals surface area contributed by atoms with Gasteiger partial charge in [-0.05, 0) is 12.1 Å². The zero-order valence-corrected chi connectivity index (χ0v) is 9.52. The summed E-state index contributed by atoms with van der Waals surface area (Å²) >= 11 is 6.01. The van der Waals surface area contributed by atoms with Crippen molar-refractivity contribution in [2.24, 2.45) is 0 Å². The molecule has 1 heterocycles. The molecule has 2 aromatic rings. The minimum Gasteiger partial charge on any atom is -0.423 e. The molecule has 6 heteroatoms. The third-order valence-electron chi connectivity index (χ3n) is 2.04. The van der Waals surface area contributed by atoms with Gasteiger partial charge in [0, 0.05) is 6.92 Å². The van der Waals surface area contributed by atoms with Crippen LogP contribution >= 0.6 is 11.6 Å². The van der Waals surface area contributed by atoms with Crippen molar-refractivity contribution in [3.63, 3.8) is 0 Å². The van der Waals surface area contributed by atoms with E-state index in [1.165, 1.54) is 6.92 Å². The summed E-state index contributed by atoms with van der Waals surface area (Å²) in [6.07, 6.45) is 0. The smallest absolute Gasteiger partial charge is 0.308 e. The summed E-state index contributed by atoms with van der Waals surface area (Å²) < 4.78 is 4.98. The Bertz CT molecular complexity index is 649. The Morgan fingerprint density at radius 2 is 2.24 bits per heavy atom. The highest BCUT2D eigenvalue weighted by Crippen LogP contribution is 2.32. The first-order valence-corrected chi connectivity index (χ1v) is 5.04. The van der Waals surface area contributed by atoms with Crippen LogP contribution in [0.5, 0.6) is 5.75 Å². The monoisotopic (exact) mass is 247 g/mol. The third-order valence-corrected chi connectivity index (χ3v) is 2.36. The number of halogens is 1. The minimum absolute atomic E-state index is 0.0515. The standard InChI is InChI=1S/C11H6ClN3O2/c1-6(16)17-11-9(5-13)15-14-8-4-2-3-7(12)10(8)11/h2-4H,1H3. The van der Waals surface area contributed by atoms with Gasteiger partial charge >= 0.3 is 5.97 Å². The van der Waals surface area contributed by atoms with Crippen molar-refractivity contribution in [3.05, 3.63) is 28.9 Å². The van der Waals surface area contributed by atoms with Gasteiger partial charge in [0.05, 0.1) is 15.9 Å². The Labute approximate surface area is 102 Å². The maximum atomic E-state index is 11.0. The number of hydrogen-bond donors (Lipinski definition) is 0. The lowest BCUT2D eigenvalue weighted by Gasteiger charge is -2.07. The normalized spacial score (nSPS) is 9.94. The predicted octanol–water partition coefficient (Wildman–Crippen LogP) is 2.08. The van der Waals surface area contributed by atoms with Crippen molar-refractivity contribution in [1.82, 2.24) is 10.2 Å². The molecule has 0 aliphatic rings. The van der Waals surface area contributed by atoms with Crippen LogP contribution in [0.15, 0.2) is 18.2 Å². The highest BCUT2D eigenvalue weighted by atomic mass is 35.5. The summed E-state index contributed by atoms with van der Waals surface area (Å²) in [6, 6.07) is 6.80. The van der Waals surface area contributed by atoms with E-state index in [1.807, 2.05) is 6.07 Å². The molecular formula is C11H6ClN3O2. The van der Waals surface area contributed by atoms with Crippen LogP contribution in [0.4, 0.5) is 0 Å². The van der Waals surface area contributed by atoms with E-state index in [4.69, 9.17) is 21.6 Å². The number of rotatable bonds is 1. The Balaban J connectivity index is 2.83. The van der Waals surface area contributed by atoms with Crippen molar-refractivity contribution in [2.75, 3.05) is 0 Å². The first-order valence-electron chi connectivity index (χ1n) is 4.67. The molecule has 0 bridgehead atoms. The van der Waals surface area contributed by atoms with Gasteiger partial charge in [0.2, 0.25) is 5.69 Å². The fourth-order valence-electron chi connectivity index (χ4n) is 1.40. The maximum Gasteiger partial charge on any atom is 0.308 e. The third kappa shape index (κ3) is 2.03. The van der Waals surface area contributed by atoms with Gasteiger partial charge in [-0.2, -0.15) is 5.26 Å². The van der Waals surface area contributed by atoms with Gasteiger partial charge in [-0.1, -0.05) is 17.7 Å². The van der Waals surface area contributed by atoms with Crippen molar-refractivity contribution in [3.8, 4) is 11.8 Å². The van der Waals surface area contributed by atoms with E-state index in [1.54, 1.807) is 18.2 Å². The Morgan fingerprint density at radius 1 is 1.47 bits per heavy atom. The molecule has 1 aromatic carbocycles. The summed E-state index contributed by atoms with van der Waals surface area (Å²) in [6.45, 7) is 1.24. The minimum atomic E-state index is -0.546. The number of nitriles is 1. The van der Waals surface area contributed by atoms with Crippen molar-refractivity contribution in [2.45, 2.75) is 6.92 Å². The molecule has 0 amide bonds. The molecule has 0 atom stereocenters. The average molecular weight is 248 g/mol. The summed E-state index contributed by atoms with van der Waals surface area (Å²) in [5.74, 6) is -0.494. The van der Waals surface area contributed by atoms with Crippen LogP contribution in [0.1, 0.15) is 12.6 Å². The molecule has 5 nitrogen and oxygen atoms in total. The van der Waals surface area contributed by atoms with Crippen LogP contribution in [-0.4, -0.2) is 16.2 Å². The topological polar surface area (TPSA) is 75.9 Å². The van der Waals surface area contributed by atoms with E-state index in [9.17, 15) is 4.79 Å². The van der Waals surface area contributed by atoms with Gasteiger partial charge in [0.15, 0.2) is 5.75 Å². The van der Waals surface area contributed by atoms with Crippen molar-refractivity contribution in [1.29, 1.82) is 5.26 Å². The van der Waals surface area contributed by atoms with Crippen LogP contribution < -0.4 is 4.74 Å². The maximum absolute atomic E-state index is 11.0. The number of benzene rings is 1. The predicted molar refractivity (Wildman–Crippen MR) is 60.6 cm³/mol. The van der Waals surface area contributed by atoms with Gasteiger partial charge in [0.25, 0.3) is 0 Å². The van der Waals surface area contributed by atoms with Crippen LogP contribution in [-0.2, 0) is 4.79 Å². The molecule has 0 radical (unpaired) electrons. The second-order valence-corrected chi connectivity index (χ2v) is 3.62. The molecule has 0 spiro atoms. The molecule has 0 unspecified atom stereocenters. The van der Waals surface area contributed by atoms with Crippen LogP contribution in [0.2, 0.25) is 5.02 Å². The summed E-state index contributed by atoms with van der Waals surface area (Å²) in [7, 11) is 0. The molecule has 17 heavy (non-hydrogen) atoms. The Hall–Kier alpha value is -2.19. The van der Waals surface area contributed by atoms with Crippen molar-refractivity contribution >= 4 is 28.5 Å². The molecule has 0 saturated heterocycles. The van der Waals surface area contributed by atoms with E-state index in [0.29, 0.717) is 15.9 Å². The molecule has 0 aliphatic carbocycles. The highest BCUT2D eigenvalue weighted by molar-refractivity contribution is 6.36. The van der Waals surface area contributed by atoms with Crippen LogP contribution in [0, 0.1) is 11.3 Å². The second-order valence-electron chi connectivity index (χ2n) is 3.22. The lowest BCUT2D eigenvalue weighted by molar-refractivity contribution is -0.131. The zero-order chi connectivity index (χ0) is 12.4. The molecule has 0 N–H and O–H groups in total. The number of ether oxygens (including phenoxy) is 1. The summed E-state index contributed by atoms with van der Waals surface area (Å²) in [5, 5.41) is 17.2. The summed E-state index contributed by atoms with van der Waals surface area (Å²) in [4.78, 5) is 11.0. The number of hydrogen-bond acceptors (Lipinski definition) is 5. The average Bonchev–Trinajstić information content (AvgIpc) is 2.28. The molecular weight excluding hydrogens is 242 g/mol. The number of aromatic nitrogens is 2. The Kier molecular flexibility index (Phi) is 2.90. The number of carbonyl (C=O) groups excluding carboxylic acids is 1. The second kappa shape index (κ2) is 4.36. The molecule has 1 aromatic heterocycles. The van der Waals surface area contributed by atoms with E-state index >= 15 is 0 Å². The number of nitrogens with zero attached hydrogens (tertiary/aromatic N) is 3. The first kappa shape index (κ1) is 11.3. The molecule has 0 aliphatic heterocycles. The SMILES string of the molecule is CC(=O)Oc1c(C#N)nnc2cccc(Cl)c12. The van der Waals surface area contributed by atoms with Gasteiger partial charge in [-0.15, -0.1) is 10.2 Å². The number of carbonyl (C=O) groups is 1. The van der Waals surface area contributed by atoms with Crippen molar-refractivity contribution < 1.29 is 9.53 Å². The quantitative estimate of drug-likeness (QED) is 0.721. The van der Waals surface area contributed by atoms with Gasteiger partial charge < -0.3 is 4.74 Å². The van der Waals surface area contributed by atoms with Gasteiger partial charge in [-0.25, -0.2) is 0 Å². The largest absolute Gasteiger partial charge is 0.423 e. The molecule has 0 fully saturated rings. The van der Waals surface area contributed by atoms with Gasteiger partial charge in [-0.3, -0.25) is 4.79 Å². The number of esters is 1. The molecule has 84 valence electrons. The Morgan fingerprint density at radius 3 is 2.88 bits per heavy atom. The zero-order valence-electron chi connectivity index (χ0n) is 8.77. The first-order chi connectivity index (χ1) is 8.13. The van der Waals surface area contributed by atoms with E-state index in [2.05, 4.69) is 10.2 Å².